The van der Waals surface area contributed by atoms with Crippen LogP contribution in [-0.2, 0) is 24.8 Å². The topological polar surface area (TPSA) is 41.4 Å². The molecule has 1 atom stereocenters. The van der Waals surface area contributed by atoms with Crippen LogP contribution in [0.2, 0.25) is 5.15 Å². The number of nitrogens with zero attached hydrogens (tertiary/aromatic N) is 4. The number of aromatic nitrogens is 2. The molecule has 0 radical (unpaired) electrons. The Labute approximate surface area is 155 Å². The van der Waals surface area contributed by atoms with Crippen LogP contribution in [0, 0.1) is 11.3 Å². The third-order valence-corrected chi connectivity index (χ3v) is 6.77. The quantitative estimate of drug-likeness (QED) is 0.806. The lowest BCUT2D eigenvalue weighted by molar-refractivity contribution is -0.145. The first-order chi connectivity index (χ1) is 12.0. The van der Waals surface area contributed by atoms with Crippen molar-refractivity contribution in [3.8, 4) is 0 Å². The lowest BCUT2D eigenvalue weighted by Crippen LogP contribution is -2.50. The van der Waals surface area contributed by atoms with Crippen LogP contribution in [-0.4, -0.2) is 51.7 Å². The number of halogens is 1. The molecule has 4 rings (SSSR count). The largest absolute Gasteiger partial charge is 0.342 e. The van der Waals surface area contributed by atoms with E-state index in [-0.39, 0.29) is 5.41 Å². The van der Waals surface area contributed by atoms with E-state index in [2.05, 4.69) is 21.8 Å². The zero-order valence-electron chi connectivity index (χ0n) is 15.4. The van der Waals surface area contributed by atoms with Gasteiger partial charge in [-0.15, -0.1) is 0 Å². The fraction of sp³-hybridized carbons (Fsp3) is 0.789. The van der Waals surface area contributed by atoms with Crippen molar-refractivity contribution in [2.24, 2.45) is 18.4 Å². The molecule has 0 aromatic carbocycles. The highest BCUT2D eigenvalue weighted by Gasteiger charge is 2.49. The van der Waals surface area contributed by atoms with Crippen molar-refractivity contribution in [1.82, 2.24) is 19.6 Å². The van der Waals surface area contributed by atoms with Crippen LogP contribution in [0.15, 0.2) is 0 Å². The van der Waals surface area contributed by atoms with Gasteiger partial charge in [-0.25, -0.2) is 0 Å². The second-order valence-electron chi connectivity index (χ2n) is 8.23. The van der Waals surface area contributed by atoms with Crippen molar-refractivity contribution >= 4 is 17.5 Å². The third-order valence-electron chi connectivity index (χ3n) is 6.30. The zero-order valence-corrected chi connectivity index (χ0v) is 16.2. The van der Waals surface area contributed by atoms with Crippen molar-refractivity contribution in [3.05, 3.63) is 16.4 Å². The summed E-state index contributed by atoms with van der Waals surface area (Å²) in [6, 6.07) is 0. The monoisotopic (exact) mass is 364 g/mol. The molecule has 138 valence electrons. The predicted octanol–water partition coefficient (Wildman–Crippen LogP) is 2.86. The molecule has 1 spiro atoms. The van der Waals surface area contributed by atoms with E-state index in [9.17, 15) is 4.79 Å². The molecule has 1 aliphatic carbocycles. The van der Waals surface area contributed by atoms with Crippen molar-refractivity contribution < 1.29 is 4.79 Å². The number of rotatable bonds is 5. The van der Waals surface area contributed by atoms with E-state index in [4.69, 9.17) is 11.6 Å². The van der Waals surface area contributed by atoms with E-state index >= 15 is 0 Å². The van der Waals surface area contributed by atoms with E-state index in [1.165, 1.54) is 12.8 Å². The lowest BCUT2D eigenvalue weighted by atomic mass is 9.78. The molecule has 6 heteroatoms. The van der Waals surface area contributed by atoms with E-state index in [1.54, 1.807) is 4.68 Å². The maximum atomic E-state index is 13.2. The minimum Gasteiger partial charge on any atom is -0.342 e. The number of carbonyl (C=O) groups excluding carboxylic acids is 1. The lowest BCUT2D eigenvalue weighted by Gasteiger charge is -2.39. The Kier molecular flexibility index (Phi) is 4.57. The summed E-state index contributed by atoms with van der Waals surface area (Å²) in [7, 11) is 1.90. The second kappa shape index (κ2) is 6.58. The van der Waals surface area contributed by atoms with Gasteiger partial charge in [0, 0.05) is 38.8 Å². The Morgan fingerprint density at radius 2 is 2.08 bits per heavy atom. The van der Waals surface area contributed by atoms with Crippen LogP contribution < -0.4 is 0 Å². The molecule has 5 nitrogen and oxygen atoms in total. The highest BCUT2D eigenvalue weighted by atomic mass is 35.5. The van der Waals surface area contributed by atoms with Crippen molar-refractivity contribution in [1.29, 1.82) is 0 Å². The van der Waals surface area contributed by atoms with Crippen LogP contribution in [0.1, 0.15) is 50.3 Å². The SMILES string of the molecule is CCc1nn(C)c(Cl)c1CN1CCC2(CCCN(CC3CC3)C2=O)C1. The van der Waals surface area contributed by atoms with Gasteiger partial charge in [0.05, 0.1) is 11.1 Å². The van der Waals surface area contributed by atoms with Gasteiger partial charge >= 0.3 is 0 Å². The molecule has 2 saturated heterocycles. The molecule has 3 fully saturated rings. The minimum absolute atomic E-state index is 0.145. The Morgan fingerprint density at radius 3 is 2.80 bits per heavy atom. The van der Waals surface area contributed by atoms with Gasteiger partial charge < -0.3 is 4.90 Å². The fourth-order valence-corrected chi connectivity index (χ4v) is 4.88. The average molecular weight is 365 g/mol. The summed E-state index contributed by atoms with van der Waals surface area (Å²) < 4.78 is 1.77. The maximum Gasteiger partial charge on any atom is 0.230 e. The molecule has 1 saturated carbocycles. The molecule has 25 heavy (non-hydrogen) atoms. The van der Waals surface area contributed by atoms with E-state index < -0.39 is 0 Å². The summed E-state index contributed by atoms with van der Waals surface area (Å²) in [4.78, 5) is 17.7. The van der Waals surface area contributed by atoms with E-state index in [1.807, 2.05) is 7.05 Å². The summed E-state index contributed by atoms with van der Waals surface area (Å²) in [6.07, 6.45) is 6.70. The molecular formula is C19H29ClN4O. The fourth-order valence-electron chi connectivity index (χ4n) is 4.67. The van der Waals surface area contributed by atoms with Gasteiger partial charge in [-0.3, -0.25) is 14.4 Å². The number of aryl methyl sites for hydroxylation is 2. The van der Waals surface area contributed by atoms with Crippen LogP contribution in [0.5, 0.6) is 0 Å². The van der Waals surface area contributed by atoms with Crippen LogP contribution in [0.25, 0.3) is 0 Å². The number of carbonyl (C=O) groups is 1. The molecule has 3 aliphatic rings. The number of amides is 1. The van der Waals surface area contributed by atoms with Gasteiger partial charge in [0.15, 0.2) is 0 Å². The van der Waals surface area contributed by atoms with E-state index in [0.717, 1.165) is 80.7 Å². The smallest absolute Gasteiger partial charge is 0.230 e. The van der Waals surface area contributed by atoms with Gasteiger partial charge in [-0.05, 0) is 51.0 Å². The Hall–Kier alpha value is -1.07. The van der Waals surface area contributed by atoms with Crippen molar-refractivity contribution in [3.63, 3.8) is 0 Å². The van der Waals surface area contributed by atoms with Gasteiger partial charge in [0.25, 0.3) is 0 Å². The van der Waals surface area contributed by atoms with Crippen molar-refractivity contribution in [2.75, 3.05) is 26.2 Å². The highest BCUT2D eigenvalue weighted by Crippen LogP contribution is 2.42. The van der Waals surface area contributed by atoms with Crippen LogP contribution in [0.4, 0.5) is 0 Å². The summed E-state index contributed by atoms with van der Waals surface area (Å²) in [5.74, 6) is 1.19. The van der Waals surface area contributed by atoms with Gasteiger partial charge in [0.1, 0.15) is 5.15 Å². The average Bonchev–Trinajstić information content (AvgIpc) is 3.27. The third kappa shape index (κ3) is 3.21. The summed E-state index contributed by atoms with van der Waals surface area (Å²) in [5.41, 5.74) is 2.08. The van der Waals surface area contributed by atoms with Crippen molar-refractivity contribution in [2.45, 2.75) is 52.0 Å². The first-order valence-electron chi connectivity index (χ1n) is 9.74. The van der Waals surface area contributed by atoms with Gasteiger partial charge in [-0.2, -0.15) is 5.10 Å². The number of likely N-dealkylation sites (tertiary alicyclic amines) is 2. The van der Waals surface area contributed by atoms with E-state index in [0.29, 0.717) is 5.91 Å². The number of piperidine rings is 1. The molecule has 1 aromatic rings. The van der Waals surface area contributed by atoms with Gasteiger partial charge in [-0.1, -0.05) is 18.5 Å². The van der Waals surface area contributed by atoms with Crippen LogP contribution >= 0.6 is 11.6 Å². The summed E-state index contributed by atoms with van der Waals surface area (Å²) >= 11 is 6.46. The molecule has 1 aromatic heterocycles. The Balaban J connectivity index is 1.46. The Bertz CT molecular complexity index is 669. The number of hydrogen-bond acceptors (Lipinski definition) is 3. The zero-order chi connectivity index (χ0) is 17.6. The molecular weight excluding hydrogens is 336 g/mol. The first kappa shape index (κ1) is 17.3. The second-order valence-corrected chi connectivity index (χ2v) is 8.59. The standard InChI is InChI=1S/C19H29ClN4O/c1-3-16-15(17(20)22(2)21-16)12-23-10-8-19(13-23)7-4-9-24(18(19)25)11-14-5-6-14/h14H,3-13H2,1-2H3. The molecule has 0 bridgehead atoms. The Morgan fingerprint density at radius 1 is 1.28 bits per heavy atom. The molecule has 2 aliphatic heterocycles. The maximum absolute atomic E-state index is 13.2. The molecule has 1 amide bonds. The predicted molar refractivity (Wildman–Crippen MR) is 98.5 cm³/mol. The molecule has 3 heterocycles. The highest BCUT2D eigenvalue weighted by molar-refractivity contribution is 6.30. The summed E-state index contributed by atoms with van der Waals surface area (Å²) in [5, 5.41) is 5.26. The summed E-state index contributed by atoms with van der Waals surface area (Å²) in [6.45, 7) is 6.75. The normalized spacial score (nSPS) is 27.6. The van der Waals surface area contributed by atoms with Gasteiger partial charge in [0.2, 0.25) is 5.91 Å². The first-order valence-corrected chi connectivity index (χ1v) is 10.1. The minimum atomic E-state index is -0.145. The van der Waals surface area contributed by atoms with Crippen LogP contribution in [0.3, 0.4) is 0 Å². The molecule has 0 N–H and O–H groups in total. The number of hydrogen-bond donors (Lipinski definition) is 0. The molecule has 1 unspecified atom stereocenters.